The van der Waals surface area contributed by atoms with Crippen molar-refractivity contribution in [1.29, 1.82) is 0 Å². The molecule has 1 heterocycles. The predicted octanol–water partition coefficient (Wildman–Crippen LogP) is 5.09. The van der Waals surface area contributed by atoms with E-state index >= 15 is 0 Å². The first-order chi connectivity index (χ1) is 13.9. The molecule has 150 valence electrons. The van der Waals surface area contributed by atoms with Crippen molar-refractivity contribution >= 4 is 28.9 Å². The minimum Gasteiger partial charge on any atom is -0.451 e. The SMILES string of the molecule is CCc1ccc(-c2nc(C)c(C(=O)OCC(=O)Nc3c(C)cccc3C)s2)cc1. The highest BCUT2D eigenvalue weighted by Crippen LogP contribution is 2.29. The van der Waals surface area contributed by atoms with Crippen LogP contribution < -0.4 is 5.32 Å². The summed E-state index contributed by atoms with van der Waals surface area (Å²) in [5.74, 6) is -0.901. The molecule has 5 nitrogen and oxygen atoms in total. The number of hydrogen-bond donors (Lipinski definition) is 1. The molecule has 0 radical (unpaired) electrons. The molecule has 0 atom stereocenters. The van der Waals surface area contributed by atoms with Gasteiger partial charge in [-0.2, -0.15) is 0 Å². The number of aryl methyl sites for hydroxylation is 4. The molecule has 0 aliphatic rings. The largest absolute Gasteiger partial charge is 0.451 e. The first-order valence-electron chi connectivity index (χ1n) is 9.49. The topological polar surface area (TPSA) is 68.3 Å². The molecule has 0 saturated carbocycles. The Bertz CT molecular complexity index is 1020. The lowest BCUT2D eigenvalue weighted by Gasteiger charge is -2.11. The van der Waals surface area contributed by atoms with E-state index in [0.29, 0.717) is 10.6 Å². The average molecular weight is 409 g/mol. The van der Waals surface area contributed by atoms with E-state index in [9.17, 15) is 9.59 Å². The van der Waals surface area contributed by atoms with Crippen molar-refractivity contribution in [3.05, 3.63) is 69.7 Å². The first kappa shape index (κ1) is 20.7. The summed E-state index contributed by atoms with van der Waals surface area (Å²) >= 11 is 1.28. The molecule has 0 bridgehead atoms. The van der Waals surface area contributed by atoms with Gasteiger partial charge in [0.2, 0.25) is 0 Å². The lowest BCUT2D eigenvalue weighted by atomic mass is 10.1. The highest BCUT2D eigenvalue weighted by atomic mass is 32.1. The average Bonchev–Trinajstić information content (AvgIpc) is 3.11. The van der Waals surface area contributed by atoms with Gasteiger partial charge in [-0.1, -0.05) is 49.4 Å². The third-order valence-corrected chi connectivity index (χ3v) is 5.86. The van der Waals surface area contributed by atoms with Crippen LogP contribution in [0, 0.1) is 20.8 Å². The molecule has 0 spiro atoms. The van der Waals surface area contributed by atoms with E-state index < -0.39 is 5.97 Å². The summed E-state index contributed by atoms with van der Waals surface area (Å²) in [4.78, 5) is 29.6. The van der Waals surface area contributed by atoms with Gasteiger partial charge in [-0.25, -0.2) is 9.78 Å². The number of anilines is 1. The zero-order valence-corrected chi connectivity index (χ0v) is 17.9. The molecule has 0 saturated heterocycles. The third kappa shape index (κ3) is 4.90. The summed E-state index contributed by atoms with van der Waals surface area (Å²) < 4.78 is 5.23. The Morgan fingerprint density at radius 2 is 1.69 bits per heavy atom. The van der Waals surface area contributed by atoms with Crippen LogP contribution in [0.4, 0.5) is 5.69 Å². The molecule has 29 heavy (non-hydrogen) atoms. The fraction of sp³-hybridized carbons (Fsp3) is 0.261. The van der Waals surface area contributed by atoms with Crippen molar-refractivity contribution in [2.75, 3.05) is 11.9 Å². The van der Waals surface area contributed by atoms with Crippen molar-refractivity contribution < 1.29 is 14.3 Å². The number of carbonyl (C=O) groups is 2. The van der Waals surface area contributed by atoms with Gasteiger partial charge in [0.05, 0.1) is 5.69 Å². The number of esters is 1. The summed E-state index contributed by atoms with van der Waals surface area (Å²) in [7, 11) is 0. The number of nitrogens with one attached hydrogen (secondary N) is 1. The maximum absolute atomic E-state index is 12.5. The number of amides is 1. The second-order valence-electron chi connectivity index (χ2n) is 6.88. The zero-order valence-electron chi connectivity index (χ0n) is 17.0. The lowest BCUT2D eigenvalue weighted by molar-refractivity contribution is -0.119. The van der Waals surface area contributed by atoms with E-state index in [-0.39, 0.29) is 12.5 Å². The zero-order chi connectivity index (χ0) is 21.0. The van der Waals surface area contributed by atoms with Gasteiger partial charge in [0, 0.05) is 11.3 Å². The Kier molecular flexibility index (Phi) is 6.44. The molecule has 0 aliphatic carbocycles. The van der Waals surface area contributed by atoms with E-state index in [4.69, 9.17) is 4.74 Å². The summed E-state index contributed by atoms with van der Waals surface area (Å²) in [5, 5.41) is 3.57. The molecule has 3 rings (SSSR count). The number of aromatic nitrogens is 1. The Labute approximate surface area is 174 Å². The molecule has 0 aliphatic heterocycles. The van der Waals surface area contributed by atoms with Crippen LogP contribution in [-0.2, 0) is 16.0 Å². The molecule has 1 aromatic heterocycles. The summed E-state index contributed by atoms with van der Waals surface area (Å²) in [6, 6.07) is 13.9. The van der Waals surface area contributed by atoms with Crippen LogP contribution in [0.2, 0.25) is 0 Å². The number of carbonyl (C=O) groups excluding carboxylic acids is 2. The highest BCUT2D eigenvalue weighted by Gasteiger charge is 2.19. The van der Waals surface area contributed by atoms with Crippen molar-refractivity contribution in [2.45, 2.75) is 34.1 Å². The van der Waals surface area contributed by atoms with Gasteiger partial charge in [-0.3, -0.25) is 4.79 Å². The van der Waals surface area contributed by atoms with Gasteiger partial charge in [0.1, 0.15) is 9.88 Å². The van der Waals surface area contributed by atoms with Gasteiger partial charge < -0.3 is 10.1 Å². The number of nitrogens with zero attached hydrogens (tertiary/aromatic N) is 1. The lowest BCUT2D eigenvalue weighted by Crippen LogP contribution is -2.21. The molecule has 1 amide bonds. The normalized spacial score (nSPS) is 10.6. The second-order valence-corrected chi connectivity index (χ2v) is 7.87. The standard InChI is InChI=1S/C23H24N2O3S/c1-5-17-9-11-18(12-10-17)22-24-16(4)21(29-22)23(27)28-13-19(26)25-20-14(2)7-6-8-15(20)3/h6-12H,5,13H2,1-4H3,(H,25,26). The van der Waals surface area contributed by atoms with Crippen molar-refractivity contribution in [1.82, 2.24) is 4.98 Å². The van der Waals surface area contributed by atoms with Gasteiger partial charge in [0.15, 0.2) is 6.61 Å². The van der Waals surface area contributed by atoms with Crippen molar-refractivity contribution in [3.8, 4) is 10.6 Å². The summed E-state index contributed by atoms with van der Waals surface area (Å²) in [6.45, 7) is 7.37. The molecular formula is C23H24N2O3S. The minimum atomic E-state index is -0.534. The number of rotatable bonds is 6. The molecule has 1 N–H and O–H groups in total. The first-order valence-corrected chi connectivity index (χ1v) is 10.3. The third-order valence-electron chi connectivity index (χ3n) is 4.67. The minimum absolute atomic E-state index is 0.343. The summed E-state index contributed by atoms with van der Waals surface area (Å²) in [6.07, 6.45) is 0.971. The van der Waals surface area contributed by atoms with E-state index in [1.165, 1.54) is 16.9 Å². The maximum Gasteiger partial charge on any atom is 0.350 e. The van der Waals surface area contributed by atoms with E-state index in [2.05, 4.69) is 29.4 Å². The number of ether oxygens (including phenoxy) is 1. The van der Waals surface area contributed by atoms with Crippen LogP contribution in [0.15, 0.2) is 42.5 Å². The molecule has 0 unspecified atom stereocenters. The Morgan fingerprint density at radius 1 is 1.03 bits per heavy atom. The fourth-order valence-corrected chi connectivity index (χ4v) is 3.94. The molecule has 6 heteroatoms. The second kappa shape index (κ2) is 9.01. The maximum atomic E-state index is 12.5. The number of benzene rings is 2. The van der Waals surface area contributed by atoms with Crippen molar-refractivity contribution in [2.24, 2.45) is 0 Å². The Morgan fingerprint density at radius 3 is 2.31 bits per heavy atom. The van der Waals surface area contributed by atoms with E-state index in [1.807, 2.05) is 44.2 Å². The van der Waals surface area contributed by atoms with Gasteiger partial charge in [-0.05, 0) is 43.9 Å². The molecule has 3 aromatic rings. The van der Waals surface area contributed by atoms with Crippen LogP contribution in [-0.4, -0.2) is 23.5 Å². The van der Waals surface area contributed by atoms with Crippen LogP contribution >= 0.6 is 11.3 Å². The Hall–Kier alpha value is -2.99. The number of hydrogen-bond acceptors (Lipinski definition) is 5. The molecular weight excluding hydrogens is 384 g/mol. The van der Waals surface area contributed by atoms with Gasteiger partial charge in [0.25, 0.3) is 5.91 Å². The monoisotopic (exact) mass is 408 g/mol. The Balaban J connectivity index is 1.65. The number of thiazole rings is 1. The van der Waals surface area contributed by atoms with Gasteiger partial charge >= 0.3 is 5.97 Å². The highest BCUT2D eigenvalue weighted by molar-refractivity contribution is 7.17. The van der Waals surface area contributed by atoms with Crippen LogP contribution in [0.3, 0.4) is 0 Å². The smallest absolute Gasteiger partial charge is 0.350 e. The van der Waals surface area contributed by atoms with Crippen LogP contribution in [0.25, 0.3) is 10.6 Å². The fourth-order valence-electron chi connectivity index (χ4n) is 2.98. The predicted molar refractivity (Wildman–Crippen MR) is 116 cm³/mol. The van der Waals surface area contributed by atoms with Crippen LogP contribution in [0.5, 0.6) is 0 Å². The van der Waals surface area contributed by atoms with Crippen molar-refractivity contribution in [3.63, 3.8) is 0 Å². The van der Waals surface area contributed by atoms with Crippen LogP contribution in [0.1, 0.15) is 39.0 Å². The number of para-hydroxylation sites is 1. The quantitative estimate of drug-likeness (QED) is 0.577. The van der Waals surface area contributed by atoms with Gasteiger partial charge in [-0.15, -0.1) is 11.3 Å². The molecule has 0 fully saturated rings. The van der Waals surface area contributed by atoms with E-state index in [1.54, 1.807) is 6.92 Å². The summed E-state index contributed by atoms with van der Waals surface area (Å²) in [5.41, 5.74) is 5.48. The van der Waals surface area contributed by atoms with E-state index in [0.717, 1.165) is 33.8 Å². The molecule has 2 aromatic carbocycles.